The highest BCUT2D eigenvalue weighted by Crippen LogP contribution is 2.33. The summed E-state index contributed by atoms with van der Waals surface area (Å²) < 4.78 is 4.79. The maximum Gasteiger partial charge on any atom is 0.309 e. The van der Waals surface area contributed by atoms with Gasteiger partial charge >= 0.3 is 5.97 Å². The van der Waals surface area contributed by atoms with Crippen LogP contribution in [0.2, 0.25) is 0 Å². The van der Waals surface area contributed by atoms with E-state index < -0.39 is 0 Å². The molecule has 0 fully saturated rings. The van der Waals surface area contributed by atoms with E-state index in [9.17, 15) is 4.79 Å². The van der Waals surface area contributed by atoms with E-state index in [1.54, 1.807) is 0 Å². The highest BCUT2D eigenvalue weighted by molar-refractivity contribution is 5.87. The van der Waals surface area contributed by atoms with Gasteiger partial charge < -0.3 is 9.72 Å². The zero-order chi connectivity index (χ0) is 11.1. The summed E-state index contributed by atoms with van der Waals surface area (Å²) in [5.74, 6) is -0.107. The predicted octanol–water partition coefficient (Wildman–Crippen LogP) is 2.06. The minimum atomic E-state index is -0.103. The molecule has 3 rings (SSSR count). The van der Waals surface area contributed by atoms with Crippen LogP contribution in [0.5, 0.6) is 0 Å². The number of nitrogens with one attached hydrogen (secondary N) is 1. The second-order valence-corrected chi connectivity index (χ2v) is 4.26. The first-order valence-electron chi connectivity index (χ1n) is 5.46. The molecule has 1 aliphatic rings. The van der Waals surface area contributed by atoms with Crippen molar-refractivity contribution in [1.82, 2.24) is 4.98 Å². The van der Waals surface area contributed by atoms with Crippen molar-refractivity contribution in [3.05, 3.63) is 35.5 Å². The molecular weight excluding hydrogens is 202 g/mol. The molecule has 1 atom stereocenters. The fourth-order valence-electron chi connectivity index (χ4n) is 2.56. The molecule has 1 aromatic heterocycles. The Labute approximate surface area is 93.4 Å². The molecule has 0 amide bonds. The Kier molecular flexibility index (Phi) is 1.99. The molecule has 0 spiro atoms. The second kappa shape index (κ2) is 3.37. The van der Waals surface area contributed by atoms with Crippen molar-refractivity contribution in [2.45, 2.75) is 12.8 Å². The summed E-state index contributed by atoms with van der Waals surface area (Å²) in [6, 6.07) is 8.22. The van der Waals surface area contributed by atoms with Crippen molar-refractivity contribution < 1.29 is 9.53 Å². The van der Waals surface area contributed by atoms with E-state index in [-0.39, 0.29) is 11.9 Å². The zero-order valence-corrected chi connectivity index (χ0v) is 9.12. The summed E-state index contributed by atoms with van der Waals surface area (Å²) in [7, 11) is 1.45. The van der Waals surface area contributed by atoms with E-state index in [0.717, 1.165) is 18.4 Å². The van der Waals surface area contributed by atoms with Crippen LogP contribution < -0.4 is 0 Å². The number of methoxy groups -OCH3 is 1. The molecule has 0 aliphatic heterocycles. The fraction of sp³-hybridized carbons (Fsp3) is 0.308. The van der Waals surface area contributed by atoms with Crippen molar-refractivity contribution in [3.63, 3.8) is 0 Å². The molecule has 0 radical (unpaired) electrons. The number of aromatic nitrogens is 1. The first-order chi connectivity index (χ1) is 7.79. The molecule has 2 aromatic rings. The molecule has 1 N–H and O–H groups in total. The van der Waals surface area contributed by atoms with Gasteiger partial charge in [-0.3, -0.25) is 4.79 Å². The number of para-hydroxylation sites is 1. The predicted molar refractivity (Wildman–Crippen MR) is 61.2 cm³/mol. The number of ether oxygens (including phenoxy) is 1. The number of carbonyl (C=O) groups is 1. The number of aromatic amines is 1. The standard InChI is InChI=1S/C13H13NO2/c1-16-13(15)8-6-10-9-4-2-3-5-11(9)14-12(10)7-8/h2-5,8,14H,6-7H2,1H3/t8-/m1/s1. The highest BCUT2D eigenvalue weighted by Gasteiger charge is 2.30. The SMILES string of the molecule is COC(=O)[C@H]1Cc2[nH]c3ccccc3c2C1. The molecule has 1 aromatic carbocycles. The number of benzene rings is 1. The lowest BCUT2D eigenvalue weighted by atomic mass is 10.1. The van der Waals surface area contributed by atoms with Gasteiger partial charge in [-0.1, -0.05) is 18.2 Å². The zero-order valence-electron chi connectivity index (χ0n) is 9.12. The van der Waals surface area contributed by atoms with E-state index in [1.807, 2.05) is 12.1 Å². The number of fused-ring (bicyclic) bond motifs is 3. The summed E-state index contributed by atoms with van der Waals surface area (Å²) in [6.45, 7) is 0. The number of hydrogen-bond acceptors (Lipinski definition) is 2. The highest BCUT2D eigenvalue weighted by atomic mass is 16.5. The minimum Gasteiger partial charge on any atom is -0.469 e. The van der Waals surface area contributed by atoms with Crippen molar-refractivity contribution in [1.29, 1.82) is 0 Å². The molecule has 1 aliphatic carbocycles. The molecule has 3 nitrogen and oxygen atoms in total. The average Bonchev–Trinajstić information content (AvgIpc) is 2.85. The van der Waals surface area contributed by atoms with Gasteiger partial charge in [-0.15, -0.1) is 0 Å². The number of carbonyl (C=O) groups excluding carboxylic acids is 1. The quantitative estimate of drug-likeness (QED) is 0.740. The normalized spacial score (nSPS) is 18.7. The average molecular weight is 215 g/mol. The van der Waals surface area contributed by atoms with Crippen molar-refractivity contribution in [2.75, 3.05) is 7.11 Å². The van der Waals surface area contributed by atoms with Crippen LogP contribution in [0.4, 0.5) is 0 Å². The van der Waals surface area contributed by atoms with Crippen LogP contribution in [0.15, 0.2) is 24.3 Å². The fourth-order valence-corrected chi connectivity index (χ4v) is 2.56. The van der Waals surface area contributed by atoms with Gasteiger partial charge in [0.2, 0.25) is 0 Å². The van der Waals surface area contributed by atoms with Gasteiger partial charge in [-0.05, 0) is 18.1 Å². The third-order valence-corrected chi connectivity index (χ3v) is 3.34. The summed E-state index contributed by atoms with van der Waals surface area (Å²) in [5.41, 5.74) is 3.64. The molecule has 0 unspecified atom stereocenters. The summed E-state index contributed by atoms with van der Waals surface area (Å²) in [4.78, 5) is 14.9. The van der Waals surface area contributed by atoms with Crippen molar-refractivity contribution in [3.8, 4) is 0 Å². The lowest BCUT2D eigenvalue weighted by Gasteiger charge is -2.05. The first kappa shape index (κ1) is 9.46. The van der Waals surface area contributed by atoms with Crippen molar-refractivity contribution in [2.24, 2.45) is 5.92 Å². The lowest BCUT2D eigenvalue weighted by molar-refractivity contribution is -0.145. The van der Waals surface area contributed by atoms with Crippen LogP contribution in [0.1, 0.15) is 11.3 Å². The van der Waals surface area contributed by atoms with Crippen LogP contribution in [0.3, 0.4) is 0 Å². The van der Waals surface area contributed by atoms with Crippen LogP contribution in [-0.2, 0) is 22.4 Å². The van der Waals surface area contributed by atoms with E-state index >= 15 is 0 Å². The Morgan fingerprint density at radius 2 is 2.19 bits per heavy atom. The van der Waals surface area contributed by atoms with Crippen LogP contribution in [0.25, 0.3) is 10.9 Å². The Hall–Kier alpha value is -1.77. The Morgan fingerprint density at radius 1 is 1.38 bits per heavy atom. The second-order valence-electron chi connectivity index (χ2n) is 4.26. The van der Waals surface area contributed by atoms with Gasteiger partial charge in [-0.25, -0.2) is 0 Å². The van der Waals surface area contributed by atoms with Gasteiger partial charge in [-0.2, -0.15) is 0 Å². The topological polar surface area (TPSA) is 42.1 Å². The Morgan fingerprint density at radius 3 is 3.00 bits per heavy atom. The first-order valence-corrected chi connectivity index (χ1v) is 5.46. The monoisotopic (exact) mass is 215 g/mol. The molecule has 3 heteroatoms. The van der Waals surface area contributed by atoms with Gasteiger partial charge in [0.15, 0.2) is 0 Å². The largest absolute Gasteiger partial charge is 0.469 e. The third kappa shape index (κ3) is 1.24. The molecule has 0 saturated carbocycles. The summed E-state index contributed by atoms with van der Waals surface area (Å²) >= 11 is 0. The minimum absolute atomic E-state index is 0.00384. The number of H-pyrrole nitrogens is 1. The summed E-state index contributed by atoms with van der Waals surface area (Å²) in [6.07, 6.45) is 1.57. The Balaban J connectivity index is 2.02. The molecule has 0 saturated heterocycles. The summed E-state index contributed by atoms with van der Waals surface area (Å²) in [5, 5.41) is 1.24. The van der Waals surface area contributed by atoms with Gasteiger partial charge in [0.05, 0.1) is 13.0 Å². The maximum absolute atomic E-state index is 11.5. The van der Waals surface area contributed by atoms with Crippen LogP contribution in [-0.4, -0.2) is 18.1 Å². The Bertz CT molecular complexity index is 556. The van der Waals surface area contributed by atoms with E-state index in [4.69, 9.17) is 4.74 Å². The third-order valence-electron chi connectivity index (χ3n) is 3.34. The van der Waals surface area contributed by atoms with E-state index in [0.29, 0.717) is 0 Å². The van der Waals surface area contributed by atoms with Crippen LogP contribution >= 0.6 is 0 Å². The molecule has 1 heterocycles. The smallest absolute Gasteiger partial charge is 0.309 e. The number of hydrogen-bond donors (Lipinski definition) is 1. The maximum atomic E-state index is 11.5. The number of esters is 1. The molecular formula is C13H13NO2. The number of rotatable bonds is 1. The van der Waals surface area contributed by atoms with E-state index in [2.05, 4.69) is 17.1 Å². The molecule has 82 valence electrons. The molecule has 16 heavy (non-hydrogen) atoms. The molecule has 0 bridgehead atoms. The van der Waals surface area contributed by atoms with Gasteiger partial charge in [0, 0.05) is 23.0 Å². The van der Waals surface area contributed by atoms with Gasteiger partial charge in [0.1, 0.15) is 0 Å². The van der Waals surface area contributed by atoms with Gasteiger partial charge in [0.25, 0.3) is 0 Å². The van der Waals surface area contributed by atoms with Crippen molar-refractivity contribution >= 4 is 16.9 Å². The lowest BCUT2D eigenvalue weighted by Crippen LogP contribution is -2.16. The van der Waals surface area contributed by atoms with Crippen LogP contribution in [0, 0.1) is 5.92 Å². The van der Waals surface area contributed by atoms with E-state index in [1.165, 1.54) is 23.8 Å².